The average Bonchev–Trinajstić information content (AvgIpc) is 2.61. The topological polar surface area (TPSA) is 56.8 Å². The van der Waals surface area contributed by atoms with Crippen LogP contribution in [-0.2, 0) is 4.79 Å². The first-order valence-electron chi connectivity index (χ1n) is 7.87. The van der Waals surface area contributed by atoms with Crippen LogP contribution < -0.4 is 19.5 Å². The first-order chi connectivity index (χ1) is 11.8. The maximum atomic E-state index is 12.1. The molecule has 0 aromatic heterocycles. The highest BCUT2D eigenvalue weighted by Crippen LogP contribution is 2.32. The van der Waals surface area contributed by atoms with Crippen LogP contribution in [0.25, 0.3) is 6.08 Å². The quantitative estimate of drug-likeness (QED) is 0.855. The second-order valence-electron chi connectivity index (χ2n) is 5.15. The number of benzene rings is 2. The Morgan fingerprint density at radius 3 is 2.79 bits per heavy atom. The van der Waals surface area contributed by atoms with Gasteiger partial charge in [-0.05, 0) is 31.2 Å². The van der Waals surface area contributed by atoms with Gasteiger partial charge in [0, 0.05) is 23.4 Å². The van der Waals surface area contributed by atoms with Gasteiger partial charge in [-0.15, -0.1) is 0 Å². The molecule has 5 nitrogen and oxygen atoms in total. The number of hydrogen-bond acceptors (Lipinski definition) is 4. The fourth-order valence-electron chi connectivity index (χ4n) is 2.38. The van der Waals surface area contributed by atoms with Crippen LogP contribution in [0.2, 0.25) is 0 Å². The number of para-hydroxylation sites is 1. The maximum absolute atomic E-state index is 12.1. The second kappa shape index (κ2) is 7.55. The largest absolute Gasteiger partial charge is 0.493 e. The van der Waals surface area contributed by atoms with Gasteiger partial charge < -0.3 is 19.5 Å². The molecular formula is C19H19NO4. The number of carbonyl (C=O) groups excluding carboxylic acids is 1. The van der Waals surface area contributed by atoms with Gasteiger partial charge in [-0.1, -0.05) is 18.2 Å². The zero-order valence-electron chi connectivity index (χ0n) is 13.5. The molecule has 1 heterocycles. The van der Waals surface area contributed by atoms with E-state index >= 15 is 0 Å². The van der Waals surface area contributed by atoms with E-state index in [1.165, 1.54) is 6.08 Å². The van der Waals surface area contributed by atoms with E-state index < -0.39 is 0 Å². The van der Waals surface area contributed by atoms with E-state index in [4.69, 9.17) is 14.2 Å². The lowest BCUT2D eigenvalue weighted by Crippen LogP contribution is -2.16. The lowest BCUT2D eigenvalue weighted by molar-refractivity contribution is -0.111. The summed E-state index contributed by atoms with van der Waals surface area (Å²) in [7, 11) is 0. The third-order valence-electron chi connectivity index (χ3n) is 3.44. The molecule has 0 radical (unpaired) electrons. The molecule has 0 atom stereocenters. The number of anilines is 1. The van der Waals surface area contributed by atoms with E-state index in [1.807, 2.05) is 31.2 Å². The molecule has 5 heteroatoms. The summed E-state index contributed by atoms with van der Waals surface area (Å²) in [6.07, 6.45) is 3.22. The third-order valence-corrected chi connectivity index (χ3v) is 3.44. The molecule has 1 aliphatic heterocycles. The fourth-order valence-corrected chi connectivity index (χ4v) is 2.38. The van der Waals surface area contributed by atoms with Crippen LogP contribution >= 0.6 is 0 Å². The molecular weight excluding hydrogens is 306 g/mol. The van der Waals surface area contributed by atoms with Gasteiger partial charge in [0.1, 0.15) is 19.0 Å². The third kappa shape index (κ3) is 3.87. The van der Waals surface area contributed by atoms with E-state index in [2.05, 4.69) is 5.32 Å². The first-order valence-corrected chi connectivity index (χ1v) is 7.87. The minimum absolute atomic E-state index is 0.224. The van der Waals surface area contributed by atoms with Gasteiger partial charge in [-0.3, -0.25) is 4.79 Å². The Kier molecular flexibility index (Phi) is 5.01. The zero-order valence-corrected chi connectivity index (χ0v) is 13.5. The van der Waals surface area contributed by atoms with Crippen LogP contribution in [0.5, 0.6) is 17.2 Å². The standard InChI is InChI=1S/C19H19NO4/c1-2-22-16-6-4-3-5-14(16)7-10-19(21)20-15-8-9-17-18(13-15)24-12-11-23-17/h3-10,13H,2,11-12H2,1H3,(H,20,21)/b10-7-. The summed E-state index contributed by atoms with van der Waals surface area (Å²) in [6.45, 7) is 3.56. The molecule has 3 rings (SSSR count). The van der Waals surface area contributed by atoms with E-state index in [-0.39, 0.29) is 5.91 Å². The van der Waals surface area contributed by atoms with Crippen molar-refractivity contribution < 1.29 is 19.0 Å². The Labute approximate surface area is 140 Å². The predicted octanol–water partition coefficient (Wildman–Crippen LogP) is 3.51. The van der Waals surface area contributed by atoms with Crippen LogP contribution in [0.3, 0.4) is 0 Å². The normalized spacial score (nSPS) is 12.9. The Balaban J connectivity index is 1.67. The van der Waals surface area contributed by atoms with Crippen LogP contribution in [0.15, 0.2) is 48.5 Å². The Hall–Kier alpha value is -2.95. The zero-order chi connectivity index (χ0) is 16.8. The number of carbonyl (C=O) groups is 1. The summed E-state index contributed by atoms with van der Waals surface area (Å²) >= 11 is 0. The Bertz CT molecular complexity index is 755. The minimum Gasteiger partial charge on any atom is -0.493 e. The van der Waals surface area contributed by atoms with Crippen molar-refractivity contribution in [2.45, 2.75) is 6.92 Å². The average molecular weight is 325 g/mol. The van der Waals surface area contributed by atoms with Crippen molar-refractivity contribution in [1.29, 1.82) is 0 Å². The first kappa shape index (κ1) is 15.9. The molecule has 1 N–H and O–H groups in total. The van der Waals surface area contributed by atoms with Gasteiger partial charge in [0.15, 0.2) is 11.5 Å². The highest BCUT2D eigenvalue weighted by molar-refractivity contribution is 6.02. The van der Waals surface area contributed by atoms with Crippen LogP contribution in [0.1, 0.15) is 12.5 Å². The highest BCUT2D eigenvalue weighted by Gasteiger charge is 2.12. The second-order valence-corrected chi connectivity index (χ2v) is 5.15. The molecule has 0 bridgehead atoms. The summed E-state index contributed by atoms with van der Waals surface area (Å²) in [5.74, 6) is 1.87. The van der Waals surface area contributed by atoms with Crippen LogP contribution in [-0.4, -0.2) is 25.7 Å². The molecule has 0 saturated heterocycles. The van der Waals surface area contributed by atoms with Gasteiger partial charge in [-0.25, -0.2) is 0 Å². The van der Waals surface area contributed by atoms with Crippen LogP contribution in [0.4, 0.5) is 5.69 Å². The lowest BCUT2D eigenvalue weighted by Gasteiger charge is -2.18. The monoisotopic (exact) mass is 325 g/mol. The number of fused-ring (bicyclic) bond motifs is 1. The molecule has 1 aliphatic rings. The Morgan fingerprint density at radius 2 is 1.96 bits per heavy atom. The molecule has 0 spiro atoms. The molecule has 0 aliphatic carbocycles. The van der Waals surface area contributed by atoms with Gasteiger partial charge in [0.05, 0.1) is 6.61 Å². The highest BCUT2D eigenvalue weighted by atomic mass is 16.6. The summed E-state index contributed by atoms with van der Waals surface area (Å²) in [4.78, 5) is 12.1. The molecule has 0 unspecified atom stereocenters. The molecule has 24 heavy (non-hydrogen) atoms. The molecule has 2 aromatic rings. The summed E-state index contributed by atoms with van der Waals surface area (Å²) < 4.78 is 16.5. The van der Waals surface area contributed by atoms with Crippen molar-refractivity contribution in [3.05, 3.63) is 54.1 Å². The number of amides is 1. The van der Waals surface area contributed by atoms with Crippen LogP contribution in [0, 0.1) is 0 Å². The van der Waals surface area contributed by atoms with Gasteiger partial charge in [0.2, 0.25) is 5.91 Å². The SMILES string of the molecule is CCOc1ccccc1/C=C\C(=O)Nc1ccc2c(c1)OCCO2. The number of nitrogens with one attached hydrogen (secondary N) is 1. The predicted molar refractivity (Wildman–Crippen MR) is 92.7 cm³/mol. The van der Waals surface area contributed by atoms with Crippen molar-refractivity contribution in [3.63, 3.8) is 0 Å². The van der Waals surface area contributed by atoms with E-state index in [0.717, 1.165) is 11.3 Å². The summed E-state index contributed by atoms with van der Waals surface area (Å²) in [5, 5.41) is 2.81. The van der Waals surface area contributed by atoms with Crippen molar-refractivity contribution in [3.8, 4) is 17.2 Å². The molecule has 1 amide bonds. The number of rotatable bonds is 5. The molecule has 0 saturated carbocycles. The van der Waals surface area contributed by atoms with E-state index in [1.54, 1.807) is 24.3 Å². The van der Waals surface area contributed by atoms with Crippen molar-refractivity contribution >= 4 is 17.7 Å². The molecule has 0 fully saturated rings. The van der Waals surface area contributed by atoms with Gasteiger partial charge in [0.25, 0.3) is 0 Å². The molecule has 2 aromatic carbocycles. The number of hydrogen-bond donors (Lipinski definition) is 1. The summed E-state index contributed by atoms with van der Waals surface area (Å²) in [5.41, 5.74) is 1.52. The number of ether oxygens (including phenoxy) is 3. The fraction of sp³-hybridized carbons (Fsp3) is 0.211. The van der Waals surface area contributed by atoms with Crippen molar-refractivity contribution in [2.75, 3.05) is 25.1 Å². The van der Waals surface area contributed by atoms with Gasteiger partial charge in [-0.2, -0.15) is 0 Å². The Morgan fingerprint density at radius 1 is 1.17 bits per heavy atom. The van der Waals surface area contributed by atoms with E-state index in [9.17, 15) is 4.79 Å². The smallest absolute Gasteiger partial charge is 0.248 e. The molecule has 124 valence electrons. The van der Waals surface area contributed by atoms with Crippen molar-refractivity contribution in [1.82, 2.24) is 0 Å². The lowest BCUT2D eigenvalue weighted by atomic mass is 10.2. The summed E-state index contributed by atoms with van der Waals surface area (Å²) in [6, 6.07) is 12.9. The maximum Gasteiger partial charge on any atom is 0.248 e. The minimum atomic E-state index is -0.224. The van der Waals surface area contributed by atoms with Crippen molar-refractivity contribution in [2.24, 2.45) is 0 Å². The van der Waals surface area contributed by atoms with Gasteiger partial charge >= 0.3 is 0 Å². The van der Waals surface area contributed by atoms with E-state index in [0.29, 0.717) is 37.0 Å².